The number of carbonyl (C=O) groups is 2. The van der Waals surface area contributed by atoms with Gasteiger partial charge in [0.1, 0.15) is 0 Å². The van der Waals surface area contributed by atoms with Gasteiger partial charge in [0.05, 0.1) is 28.4 Å². The highest BCUT2D eigenvalue weighted by atomic mass is 16.5. The van der Waals surface area contributed by atoms with Crippen LogP contribution in [0.2, 0.25) is 0 Å². The van der Waals surface area contributed by atoms with Crippen LogP contribution in [0, 0.1) is 0 Å². The zero-order valence-electron chi connectivity index (χ0n) is 19.4. The summed E-state index contributed by atoms with van der Waals surface area (Å²) in [7, 11) is 5.65. The van der Waals surface area contributed by atoms with Crippen LogP contribution < -0.4 is 29.6 Å². The van der Waals surface area contributed by atoms with Crippen molar-refractivity contribution in [2.45, 2.75) is 0 Å². The van der Waals surface area contributed by atoms with Crippen LogP contribution in [0.15, 0.2) is 36.4 Å². The Morgan fingerprint density at radius 1 is 0.676 bits per heavy atom. The number of phenols is 2. The lowest BCUT2D eigenvalue weighted by Crippen LogP contribution is -2.33. The van der Waals surface area contributed by atoms with Gasteiger partial charge in [-0.1, -0.05) is 0 Å². The predicted octanol–water partition coefficient (Wildman–Crippen LogP) is 2.09. The molecule has 0 aliphatic rings. The van der Waals surface area contributed by atoms with Gasteiger partial charge in [-0.15, -0.1) is 0 Å². The number of carbonyl (C=O) groups excluding carboxylic acids is 2. The Balaban J connectivity index is 1.83. The van der Waals surface area contributed by atoms with E-state index in [9.17, 15) is 19.8 Å². The molecule has 0 radical (unpaired) electrons. The quantitative estimate of drug-likeness (QED) is 0.288. The molecular formula is C24H28N2O8. The van der Waals surface area contributed by atoms with Crippen LogP contribution in [0.4, 0.5) is 0 Å². The molecule has 0 heterocycles. The first-order valence-electron chi connectivity index (χ1n) is 10.1. The van der Waals surface area contributed by atoms with Crippen LogP contribution in [0.1, 0.15) is 11.1 Å². The topological polar surface area (TPSA) is 136 Å². The minimum atomic E-state index is -0.362. The highest BCUT2D eigenvalue weighted by Crippen LogP contribution is 2.38. The predicted molar refractivity (Wildman–Crippen MR) is 127 cm³/mol. The van der Waals surface area contributed by atoms with E-state index >= 15 is 0 Å². The lowest BCUT2D eigenvalue weighted by Gasteiger charge is -2.09. The molecule has 0 aliphatic carbocycles. The van der Waals surface area contributed by atoms with E-state index in [1.165, 1.54) is 40.6 Å². The van der Waals surface area contributed by atoms with Crippen LogP contribution in [0.5, 0.6) is 34.5 Å². The molecule has 0 saturated carbocycles. The van der Waals surface area contributed by atoms with E-state index < -0.39 is 0 Å². The molecule has 0 aliphatic heterocycles. The summed E-state index contributed by atoms with van der Waals surface area (Å²) in [4.78, 5) is 24.0. The molecule has 0 saturated heterocycles. The van der Waals surface area contributed by atoms with Crippen molar-refractivity contribution >= 4 is 24.0 Å². The van der Waals surface area contributed by atoms with E-state index in [2.05, 4.69) is 10.6 Å². The minimum absolute atomic E-state index is 0.125. The van der Waals surface area contributed by atoms with Gasteiger partial charge in [-0.25, -0.2) is 0 Å². The van der Waals surface area contributed by atoms with Gasteiger partial charge in [-0.05, 0) is 47.5 Å². The standard InChI is InChI=1S/C24H28N2O8/c1-31-17-11-15(12-18(32-2)23(17)29)5-7-21(27)25-9-10-26-22(28)8-6-16-13-19(33-3)24(30)20(14-16)34-4/h5-8,11-14,29-30H,9-10H2,1-4H3,(H,25,27)(H,26,28)/b7-5+,8-6+. The van der Waals surface area contributed by atoms with Gasteiger partial charge in [-0.3, -0.25) is 9.59 Å². The normalized spacial score (nSPS) is 10.8. The molecule has 10 heteroatoms. The van der Waals surface area contributed by atoms with Crippen molar-refractivity contribution < 1.29 is 38.7 Å². The number of hydrogen-bond acceptors (Lipinski definition) is 8. The fourth-order valence-corrected chi connectivity index (χ4v) is 2.85. The fourth-order valence-electron chi connectivity index (χ4n) is 2.85. The van der Waals surface area contributed by atoms with Crippen LogP contribution in [-0.2, 0) is 9.59 Å². The molecule has 0 atom stereocenters. The lowest BCUT2D eigenvalue weighted by molar-refractivity contribution is -0.118. The highest BCUT2D eigenvalue weighted by Gasteiger charge is 2.11. The van der Waals surface area contributed by atoms with Gasteiger partial charge in [0.25, 0.3) is 0 Å². The minimum Gasteiger partial charge on any atom is -0.502 e. The SMILES string of the molecule is COc1cc(/C=C/C(=O)NCCNC(=O)/C=C/c2cc(OC)c(O)c(OC)c2)cc(OC)c1O. The Morgan fingerprint density at radius 2 is 0.971 bits per heavy atom. The molecule has 34 heavy (non-hydrogen) atoms. The molecule has 0 spiro atoms. The van der Waals surface area contributed by atoms with E-state index in [1.54, 1.807) is 36.4 Å². The molecule has 10 nitrogen and oxygen atoms in total. The summed E-state index contributed by atoms with van der Waals surface area (Å²) >= 11 is 0. The van der Waals surface area contributed by atoms with Gasteiger partial charge in [0, 0.05) is 25.2 Å². The average Bonchev–Trinajstić information content (AvgIpc) is 2.85. The number of nitrogens with one attached hydrogen (secondary N) is 2. The Labute approximate surface area is 197 Å². The first-order valence-corrected chi connectivity index (χ1v) is 10.1. The lowest BCUT2D eigenvalue weighted by atomic mass is 10.1. The molecule has 0 unspecified atom stereocenters. The van der Waals surface area contributed by atoms with E-state index in [1.807, 2.05) is 0 Å². The molecule has 182 valence electrons. The summed E-state index contributed by atoms with van der Waals surface area (Å²) < 4.78 is 20.3. The number of rotatable bonds is 11. The van der Waals surface area contributed by atoms with Crippen molar-refractivity contribution in [3.63, 3.8) is 0 Å². The number of ether oxygens (including phenoxy) is 4. The van der Waals surface area contributed by atoms with Crippen LogP contribution in [-0.4, -0.2) is 63.6 Å². The highest BCUT2D eigenvalue weighted by molar-refractivity contribution is 5.93. The van der Waals surface area contributed by atoms with Crippen LogP contribution in [0.3, 0.4) is 0 Å². The maximum atomic E-state index is 12.0. The molecule has 4 N–H and O–H groups in total. The summed E-state index contributed by atoms with van der Waals surface area (Å²) in [5.41, 5.74) is 1.20. The van der Waals surface area contributed by atoms with Crippen molar-refractivity contribution in [3.05, 3.63) is 47.5 Å². The summed E-state index contributed by atoms with van der Waals surface area (Å²) in [5.74, 6) is -0.0872. The number of methoxy groups -OCH3 is 4. The summed E-state index contributed by atoms with van der Waals surface area (Å²) in [6.07, 6.45) is 5.72. The molecule has 2 amide bonds. The van der Waals surface area contributed by atoms with Gasteiger partial charge < -0.3 is 39.8 Å². The van der Waals surface area contributed by atoms with Crippen molar-refractivity contribution in [3.8, 4) is 34.5 Å². The molecule has 2 rings (SSSR count). The molecule has 2 aromatic rings. The molecule has 2 aromatic carbocycles. The van der Waals surface area contributed by atoms with Crippen LogP contribution in [0.25, 0.3) is 12.2 Å². The van der Waals surface area contributed by atoms with Crippen molar-refractivity contribution in [1.82, 2.24) is 10.6 Å². The summed E-state index contributed by atoms with van der Waals surface area (Å²) in [6, 6.07) is 6.25. The van der Waals surface area contributed by atoms with E-state index in [-0.39, 0.29) is 59.4 Å². The maximum Gasteiger partial charge on any atom is 0.244 e. The zero-order chi connectivity index (χ0) is 25.1. The third-order valence-corrected chi connectivity index (χ3v) is 4.58. The zero-order valence-corrected chi connectivity index (χ0v) is 19.4. The Hall–Kier alpha value is -4.34. The van der Waals surface area contributed by atoms with E-state index in [0.29, 0.717) is 11.1 Å². The Bertz CT molecular complexity index is 943. The maximum absolute atomic E-state index is 12.0. The van der Waals surface area contributed by atoms with Gasteiger partial charge >= 0.3 is 0 Å². The summed E-state index contributed by atoms with van der Waals surface area (Å²) in [6.45, 7) is 0.428. The van der Waals surface area contributed by atoms with E-state index in [4.69, 9.17) is 18.9 Å². The Kier molecular flexibility index (Phi) is 9.63. The molecule has 0 bridgehead atoms. The second-order valence-electron chi connectivity index (χ2n) is 6.80. The number of aromatic hydroxyl groups is 2. The Morgan fingerprint density at radius 3 is 1.24 bits per heavy atom. The van der Waals surface area contributed by atoms with Gasteiger partial charge in [0.15, 0.2) is 23.0 Å². The van der Waals surface area contributed by atoms with Crippen molar-refractivity contribution in [2.75, 3.05) is 41.5 Å². The average molecular weight is 472 g/mol. The largest absolute Gasteiger partial charge is 0.502 e. The molecule has 0 aromatic heterocycles. The third-order valence-electron chi connectivity index (χ3n) is 4.58. The number of amides is 2. The molecular weight excluding hydrogens is 444 g/mol. The van der Waals surface area contributed by atoms with Gasteiger partial charge in [0.2, 0.25) is 23.3 Å². The van der Waals surface area contributed by atoms with E-state index in [0.717, 1.165) is 0 Å². The first-order chi connectivity index (χ1) is 16.3. The second kappa shape index (κ2) is 12.6. The number of hydrogen-bond donors (Lipinski definition) is 4. The first kappa shape index (κ1) is 25.9. The monoisotopic (exact) mass is 472 g/mol. The third kappa shape index (κ3) is 7.09. The fraction of sp³-hybridized carbons (Fsp3) is 0.250. The van der Waals surface area contributed by atoms with Gasteiger partial charge in [-0.2, -0.15) is 0 Å². The second-order valence-corrected chi connectivity index (χ2v) is 6.80. The number of benzene rings is 2. The van der Waals surface area contributed by atoms with Crippen LogP contribution >= 0.6 is 0 Å². The summed E-state index contributed by atoms with van der Waals surface area (Å²) in [5, 5.41) is 25.2. The molecule has 0 fully saturated rings. The van der Waals surface area contributed by atoms with Crippen molar-refractivity contribution in [1.29, 1.82) is 0 Å². The smallest absolute Gasteiger partial charge is 0.244 e. The number of phenolic OH excluding ortho intramolecular Hbond substituents is 2. The van der Waals surface area contributed by atoms with Crippen molar-refractivity contribution in [2.24, 2.45) is 0 Å².